The van der Waals surface area contributed by atoms with E-state index in [9.17, 15) is 10.2 Å². The molecule has 0 unspecified atom stereocenters. The summed E-state index contributed by atoms with van der Waals surface area (Å²) in [7, 11) is 0. The topological polar surface area (TPSA) is 119 Å². The van der Waals surface area contributed by atoms with Crippen molar-refractivity contribution in [2.75, 3.05) is 5.73 Å². The maximum absolute atomic E-state index is 10.3. The predicted molar refractivity (Wildman–Crippen MR) is 81.3 cm³/mol. The first-order chi connectivity index (χ1) is 10.6. The Balaban J connectivity index is 1.83. The summed E-state index contributed by atoms with van der Waals surface area (Å²) in [6, 6.07) is 0. The number of hydrogen-bond acceptors (Lipinski definition) is 7. The van der Waals surface area contributed by atoms with Crippen LogP contribution in [0, 0.1) is 0 Å². The van der Waals surface area contributed by atoms with E-state index in [1.54, 1.807) is 4.57 Å². The number of ether oxygens (including phenoxy) is 1. The molecule has 3 rings (SSSR count). The van der Waals surface area contributed by atoms with E-state index in [1.807, 2.05) is 0 Å². The van der Waals surface area contributed by atoms with Gasteiger partial charge in [0.15, 0.2) is 0 Å². The molecule has 120 valence electrons. The van der Waals surface area contributed by atoms with E-state index in [1.165, 1.54) is 12.7 Å². The minimum absolute atomic E-state index is 0.277. The van der Waals surface area contributed by atoms with Crippen LogP contribution < -0.4 is 5.73 Å². The van der Waals surface area contributed by atoms with Crippen LogP contribution in [-0.4, -0.2) is 63.0 Å². The molecule has 8 nitrogen and oxygen atoms in total. The van der Waals surface area contributed by atoms with Gasteiger partial charge in [-0.15, -0.1) is 0 Å². The van der Waals surface area contributed by atoms with Crippen LogP contribution in [0.15, 0.2) is 12.7 Å². The van der Waals surface area contributed by atoms with Crippen molar-refractivity contribution < 1.29 is 14.9 Å². The molecule has 0 saturated carbocycles. The molecule has 0 amide bonds. The van der Waals surface area contributed by atoms with Crippen molar-refractivity contribution in [3.05, 3.63) is 12.7 Å². The van der Waals surface area contributed by atoms with Crippen LogP contribution in [0.5, 0.6) is 0 Å². The molecule has 0 spiro atoms. The number of anilines is 1. The zero-order valence-corrected chi connectivity index (χ0v) is 13.9. The van der Waals surface area contributed by atoms with E-state index in [2.05, 4.69) is 21.9 Å². The summed E-state index contributed by atoms with van der Waals surface area (Å²) in [5.41, 5.74) is 6.71. The fourth-order valence-electron chi connectivity index (χ4n) is 2.50. The molecule has 1 aliphatic rings. The molecular weight excluding hydrogens is 353 g/mol. The van der Waals surface area contributed by atoms with Gasteiger partial charge in [-0.1, -0.05) is 0 Å². The molecule has 0 aromatic carbocycles. The number of hydrogen-bond donors (Lipinski definition) is 3. The van der Waals surface area contributed by atoms with Crippen molar-refractivity contribution in [2.24, 2.45) is 0 Å². The zero-order chi connectivity index (χ0) is 15.7. The Morgan fingerprint density at radius 2 is 2.14 bits per heavy atom. The van der Waals surface area contributed by atoms with Crippen molar-refractivity contribution in [2.45, 2.75) is 48.5 Å². The van der Waals surface area contributed by atoms with Crippen LogP contribution in [-0.2, 0) is 4.74 Å². The average molecular weight is 372 g/mol. The average Bonchev–Trinajstić information content (AvgIpc) is 3.05. The van der Waals surface area contributed by atoms with Crippen LogP contribution in [0.3, 0.4) is 0 Å². The summed E-state index contributed by atoms with van der Waals surface area (Å²) in [5.74, 6) is 0.277. The van der Waals surface area contributed by atoms with Crippen molar-refractivity contribution in [1.82, 2.24) is 19.5 Å². The molecule has 9 heteroatoms. The summed E-state index contributed by atoms with van der Waals surface area (Å²) < 4.78 is 7.47. The summed E-state index contributed by atoms with van der Waals surface area (Å²) in [4.78, 5) is 12.2. The molecule has 2 aromatic heterocycles. The Labute approximate surface area is 133 Å². The standard InChI is InChI=1S/C13H19N5O3Se/c1-2-3-22-4-7-9(19)10(20)13(21-7)18-6-17-8-11(14)15-5-16-12(8)18/h5-7,9-10,13,19-20H,2-4H2,1H3,(H2,14,15,16)/t7-,9-,10-,13-/m1/s1. The molecule has 2 aromatic rings. The summed E-state index contributed by atoms with van der Waals surface area (Å²) in [5, 5.41) is 22.4. The fourth-order valence-corrected chi connectivity index (χ4v) is 4.52. The van der Waals surface area contributed by atoms with Gasteiger partial charge < -0.3 is 0 Å². The second-order valence-corrected chi connectivity index (χ2v) is 7.62. The third-order valence-corrected chi connectivity index (χ3v) is 6.28. The van der Waals surface area contributed by atoms with Crippen LogP contribution in [0.4, 0.5) is 5.82 Å². The Morgan fingerprint density at radius 1 is 1.32 bits per heavy atom. The number of imidazole rings is 1. The quantitative estimate of drug-likeness (QED) is 0.498. The maximum atomic E-state index is 10.3. The van der Waals surface area contributed by atoms with Gasteiger partial charge in [0, 0.05) is 0 Å². The summed E-state index contributed by atoms with van der Waals surface area (Å²) in [6.07, 6.45) is 0.985. The van der Waals surface area contributed by atoms with E-state index in [0.717, 1.165) is 17.1 Å². The first kappa shape index (κ1) is 15.6. The van der Waals surface area contributed by atoms with Crippen LogP contribution in [0.25, 0.3) is 11.2 Å². The van der Waals surface area contributed by atoms with Gasteiger partial charge in [0.2, 0.25) is 0 Å². The number of fused-ring (bicyclic) bond motifs is 1. The SMILES string of the molecule is CCC[Se]C[C@H]1O[C@@H](n2cnc3c(N)ncnc32)[C@H](O)[C@@H]1O. The second-order valence-electron chi connectivity index (χ2n) is 5.20. The Morgan fingerprint density at radius 3 is 2.91 bits per heavy atom. The first-order valence-electron chi connectivity index (χ1n) is 7.15. The summed E-state index contributed by atoms with van der Waals surface area (Å²) >= 11 is 0.401. The van der Waals surface area contributed by atoms with Gasteiger partial charge in [0.1, 0.15) is 0 Å². The third kappa shape index (κ3) is 2.70. The monoisotopic (exact) mass is 373 g/mol. The number of nitrogens with two attached hydrogens (primary N) is 1. The van der Waals surface area contributed by atoms with E-state index >= 15 is 0 Å². The number of nitrogens with zero attached hydrogens (tertiary/aromatic N) is 4. The van der Waals surface area contributed by atoms with Crippen LogP contribution in [0.2, 0.25) is 10.6 Å². The van der Waals surface area contributed by atoms with E-state index < -0.39 is 18.4 Å². The molecule has 1 saturated heterocycles. The number of aliphatic hydroxyl groups excluding tert-OH is 2. The molecule has 4 N–H and O–H groups in total. The third-order valence-electron chi connectivity index (χ3n) is 3.63. The van der Waals surface area contributed by atoms with Gasteiger partial charge in [-0.3, -0.25) is 0 Å². The fraction of sp³-hybridized carbons (Fsp3) is 0.615. The molecule has 0 radical (unpaired) electrons. The zero-order valence-electron chi connectivity index (χ0n) is 12.2. The number of aliphatic hydroxyl groups is 2. The number of rotatable bonds is 5. The van der Waals surface area contributed by atoms with Crippen LogP contribution >= 0.6 is 0 Å². The molecule has 1 aliphatic heterocycles. The Kier molecular flexibility index (Phi) is 4.60. The first-order valence-corrected chi connectivity index (χ1v) is 9.58. The molecule has 0 aliphatic carbocycles. The van der Waals surface area contributed by atoms with Gasteiger partial charge in [0.25, 0.3) is 0 Å². The number of aromatic nitrogens is 4. The molecule has 22 heavy (non-hydrogen) atoms. The predicted octanol–water partition coefficient (Wildman–Crippen LogP) is -0.0215. The molecule has 4 atom stereocenters. The molecule has 1 fully saturated rings. The van der Waals surface area contributed by atoms with Crippen molar-refractivity contribution in [1.29, 1.82) is 0 Å². The van der Waals surface area contributed by atoms with Gasteiger partial charge in [-0.2, -0.15) is 0 Å². The van der Waals surface area contributed by atoms with E-state index in [-0.39, 0.29) is 11.9 Å². The van der Waals surface area contributed by atoms with Crippen molar-refractivity contribution in [3.63, 3.8) is 0 Å². The van der Waals surface area contributed by atoms with Crippen molar-refractivity contribution in [3.8, 4) is 0 Å². The minimum atomic E-state index is -1.02. The van der Waals surface area contributed by atoms with Gasteiger partial charge in [-0.05, 0) is 0 Å². The van der Waals surface area contributed by atoms with Crippen molar-refractivity contribution >= 4 is 31.9 Å². The Hall–Kier alpha value is -1.25. The van der Waals surface area contributed by atoms with Gasteiger partial charge in [0.05, 0.1) is 0 Å². The normalized spacial score (nSPS) is 28.5. The second kappa shape index (κ2) is 6.47. The molecular formula is C13H19N5O3Se. The van der Waals surface area contributed by atoms with E-state index in [4.69, 9.17) is 10.5 Å². The summed E-state index contributed by atoms with van der Waals surface area (Å²) in [6.45, 7) is 2.13. The molecule has 0 bridgehead atoms. The van der Waals surface area contributed by atoms with Crippen LogP contribution in [0.1, 0.15) is 19.6 Å². The van der Waals surface area contributed by atoms with Gasteiger partial charge in [-0.25, -0.2) is 0 Å². The van der Waals surface area contributed by atoms with E-state index in [0.29, 0.717) is 26.1 Å². The number of nitrogen functional groups attached to an aromatic ring is 1. The Bertz CT molecular complexity index is 652. The molecule has 3 heterocycles. The van der Waals surface area contributed by atoms with Gasteiger partial charge >= 0.3 is 133 Å².